The topological polar surface area (TPSA) is 93.1 Å². The zero-order chi connectivity index (χ0) is 13.2. The molecule has 0 aliphatic rings. The van der Waals surface area contributed by atoms with Gasteiger partial charge in [-0.2, -0.15) is 0 Å². The van der Waals surface area contributed by atoms with E-state index in [1.54, 1.807) is 0 Å². The van der Waals surface area contributed by atoms with E-state index in [0.29, 0.717) is 0 Å². The molecule has 1 aromatic rings. The van der Waals surface area contributed by atoms with E-state index in [2.05, 4.69) is 15.9 Å². The third-order valence-electron chi connectivity index (χ3n) is 2.05. The van der Waals surface area contributed by atoms with Gasteiger partial charge in [0.25, 0.3) is 0 Å². The van der Waals surface area contributed by atoms with E-state index < -0.39 is 11.9 Å². The first-order valence-corrected chi connectivity index (χ1v) is 5.14. The second-order valence-electron chi connectivity index (χ2n) is 2.96. The first kappa shape index (κ1) is 13.3. The summed E-state index contributed by atoms with van der Waals surface area (Å²) in [5, 5.41) is 17.9. The van der Waals surface area contributed by atoms with Gasteiger partial charge in [0.05, 0.1) is 14.2 Å². The summed E-state index contributed by atoms with van der Waals surface area (Å²) < 4.78 is 9.98. The maximum Gasteiger partial charge on any atom is 0.339 e. The number of hydrogen-bond donors (Lipinski definition) is 2. The van der Waals surface area contributed by atoms with Crippen LogP contribution in [0, 0.1) is 0 Å². The molecule has 92 valence electrons. The first-order valence-electron chi connectivity index (χ1n) is 4.35. The van der Waals surface area contributed by atoms with Gasteiger partial charge >= 0.3 is 11.9 Å². The van der Waals surface area contributed by atoms with Gasteiger partial charge in [-0.25, -0.2) is 9.59 Å². The number of hydrogen-bond acceptors (Lipinski definition) is 4. The summed E-state index contributed by atoms with van der Waals surface area (Å²) in [5.41, 5.74) is -0.504. The molecule has 0 radical (unpaired) electrons. The van der Waals surface area contributed by atoms with E-state index in [9.17, 15) is 9.59 Å². The highest BCUT2D eigenvalue weighted by Crippen LogP contribution is 2.40. The number of benzene rings is 1. The van der Waals surface area contributed by atoms with E-state index in [-0.39, 0.29) is 27.1 Å². The summed E-state index contributed by atoms with van der Waals surface area (Å²) in [5.74, 6) is -2.54. The Labute approximate surface area is 105 Å². The van der Waals surface area contributed by atoms with Crippen LogP contribution < -0.4 is 9.47 Å². The summed E-state index contributed by atoms with van der Waals surface area (Å²) in [6, 6.07) is 0.993. The summed E-state index contributed by atoms with van der Waals surface area (Å²) in [7, 11) is 2.57. The minimum atomic E-state index is -1.28. The highest BCUT2D eigenvalue weighted by Gasteiger charge is 2.24. The summed E-state index contributed by atoms with van der Waals surface area (Å²) in [6.45, 7) is 0. The molecule has 0 spiro atoms. The third-order valence-corrected chi connectivity index (χ3v) is 2.77. The van der Waals surface area contributed by atoms with E-state index >= 15 is 0 Å². The van der Waals surface area contributed by atoms with Crippen molar-refractivity contribution >= 4 is 27.9 Å². The van der Waals surface area contributed by atoms with E-state index in [4.69, 9.17) is 19.7 Å². The van der Waals surface area contributed by atoms with E-state index in [1.165, 1.54) is 14.2 Å². The monoisotopic (exact) mass is 304 g/mol. The van der Waals surface area contributed by atoms with Crippen LogP contribution in [0.5, 0.6) is 11.5 Å². The molecule has 7 heteroatoms. The zero-order valence-corrected chi connectivity index (χ0v) is 10.6. The van der Waals surface area contributed by atoms with Crippen LogP contribution in [0.25, 0.3) is 0 Å². The number of carboxylic acids is 2. The number of ether oxygens (including phenoxy) is 2. The van der Waals surface area contributed by atoms with Crippen LogP contribution >= 0.6 is 15.9 Å². The molecule has 0 amide bonds. The smallest absolute Gasteiger partial charge is 0.339 e. The summed E-state index contributed by atoms with van der Waals surface area (Å²) >= 11 is 3.06. The van der Waals surface area contributed by atoms with Crippen LogP contribution in [-0.2, 0) is 0 Å². The Morgan fingerprint density at radius 2 is 1.41 bits per heavy atom. The fourth-order valence-electron chi connectivity index (χ4n) is 1.33. The van der Waals surface area contributed by atoms with Crippen LogP contribution in [0.2, 0.25) is 0 Å². The Hall–Kier alpha value is -1.76. The summed E-state index contributed by atoms with van der Waals surface area (Å²) in [6.07, 6.45) is 0. The van der Waals surface area contributed by atoms with Gasteiger partial charge in [-0.1, -0.05) is 0 Å². The lowest BCUT2D eigenvalue weighted by atomic mass is 10.1. The molecule has 0 saturated carbocycles. The molecule has 0 heterocycles. The molecule has 0 atom stereocenters. The lowest BCUT2D eigenvalue weighted by Gasteiger charge is -2.13. The Bertz CT molecular complexity index is 442. The van der Waals surface area contributed by atoms with Crippen molar-refractivity contribution in [3.63, 3.8) is 0 Å². The third kappa shape index (κ3) is 2.33. The van der Waals surface area contributed by atoms with Crippen molar-refractivity contribution < 1.29 is 29.3 Å². The molecule has 2 N–H and O–H groups in total. The first-order chi connectivity index (χ1) is 7.93. The van der Waals surface area contributed by atoms with Gasteiger partial charge in [-0.3, -0.25) is 0 Å². The largest absolute Gasteiger partial charge is 0.495 e. The van der Waals surface area contributed by atoms with Gasteiger partial charge in [0.2, 0.25) is 0 Å². The van der Waals surface area contributed by atoms with Crippen molar-refractivity contribution in [3.8, 4) is 11.5 Å². The molecule has 0 bridgehead atoms. The second kappa shape index (κ2) is 5.05. The minimum absolute atomic E-state index is 0.0133. The fraction of sp³-hybridized carbons (Fsp3) is 0.200. The molecule has 0 aliphatic carbocycles. The Kier molecular flexibility index (Phi) is 3.95. The molecule has 0 unspecified atom stereocenters. The Balaban J connectivity index is 3.66. The van der Waals surface area contributed by atoms with Crippen LogP contribution in [0.1, 0.15) is 20.7 Å². The molecular formula is C10H9BrO6. The zero-order valence-electron chi connectivity index (χ0n) is 8.98. The normalized spacial score (nSPS) is 9.82. The number of rotatable bonds is 4. The van der Waals surface area contributed by atoms with Crippen LogP contribution in [0.3, 0.4) is 0 Å². The van der Waals surface area contributed by atoms with E-state index in [0.717, 1.165) is 6.07 Å². The predicted octanol–water partition coefficient (Wildman–Crippen LogP) is 1.86. The standard InChI is InChI=1S/C10H9BrO6/c1-16-7-4(9(12)13)3-5(10(14)15)8(17-2)6(7)11/h3H,1-2H3,(H,12,13)(H,14,15). The highest BCUT2D eigenvalue weighted by molar-refractivity contribution is 9.10. The lowest BCUT2D eigenvalue weighted by molar-refractivity contribution is 0.0693. The van der Waals surface area contributed by atoms with E-state index in [1.807, 2.05) is 0 Å². The number of halogens is 1. The van der Waals surface area contributed by atoms with Crippen LogP contribution in [-0.4, -0.2) is 36.4 Å². The maximum atomic E-state index is 11.0. The average Bonchev–Trinajstić information content (AvgIpc) is 2.27. The summed E-state index contributed by atoms with van der Waals surface area (Å²) in [4.78, 5) is 21.9. The molecular weight excluding hydrogens is 296 g/mol. The van der Waals surface area contributed by atoms with Gasteiger partial charge in [-0.15, -0.1) is 0 Å². The van der Waals surface area contributed by atoms with Gasteiger partial charge in [0, 0.05) is 0 Å². The molecule has 0 saturated heterocycles. The number of methoxy groups -OCH3 is 2. The molecule has 0 aromatic heterocycles. The molecule has 1 rings (SSSR count). The number of aromatic carboxylic acids is 2. The van der Waals surface area contributed by atoms with Gasteiger partial charge in [0.15, 0.2) is 11.5 Å². The molecule has 0 aliphatic heterocycles. The minimum Gasteiger partial charge on any atom is -0.495 e. The van der Waals surface area contributed by atoms with Crippen molar-refractivity contribution in [2.45, 2.75) is 0 Å². The van der Waals surface area contributed by atoms with Crippen molar-refractivity contribution in [2.75, 3.05) is 14.2 Å². The Morgan fingerprint density at radius 1 is 1.06 bits per heavy atom. The van der Waals surface area contributed by atoms with Crippen LogP contribution in [0.15, 0.2) is 10.5 Å². The number of carboxylic acid groups (broad SMARTS) is 2. The average molecular weight is 305 g/mol. The van der Waals surface area contributed by atoms with Crippen LogP contribution in [0.4, 0.5) is 0 Å². The van der Waals surface area contributed by atoms with Gasteiger partial charge < -0.3 is 19.7 Å². The predicted molar refractivity (Wildman–Crippen MR) is 61.2 cm³/mol. The second-order valence-corrected chi connectivity index (χ2v) is 3.76. The van der Waals surface area contributed by atoms with Gasteiger partial charge in [0.1, 0.15) is 15.6 Å². The quantitative estimate of drug-likeness (QED) is 0.882. The van der Waals surface area contributed by atoms with Crippen molar-refractivity contribution in [2.24, 2.45) is 0 Å². The Morgan fingerprint density at radius 3 is 1.65 bits per heavy atom. The highest BCUT2D eigenvalue weighted by atomic mass is 79.9. The lowest BCUT2D eigenvalue weighted by Crippen LogP contribution is -2.08. The fourth-order valence-corrected chi connectivity index (χ4v) is 2.08. The SMILES string of the molecule is COc1c(C(=O)O)cc(C(=O)O)c(OC)c1Br. The molecule has 1 aromatic carbocycles. The van der Waals surface area contributed by atoms with Gasteiger partial charge in [-0.05, 0) is 22.0 Å². The van der Waals surface area contributed by atoms with Crippen molar-refractivity contribution in [3.05, 3.63) is 21.7 Å². The van der Waals surface area contributed by atoms with Crippen molar-refractivity contribution in [1.29, 1.82) is 0 Å². The molecule has 17 heavy (non-hydrogen) atoms. The molecule has 6 nitrogen and oxygen atoms in total. The maximum absolute atomic E-state index is 11.0. The van der Waals surface area contributed by atoms with Crippen molar-refractivity contribution in [1.82, 2.24) is 0 Å². The number of carbonyl (C=O) groups is 2. The molecule has 0 fully saturated rings.